The third kappa shape index (κ3) is 2.92. The van der Waals surface area contributed by atoms with Crippen molar-refractivity contribution in [1.29, 1.82) is 0 Å². The number of hydrogen-bond acceptors (Lipinski definition) is 0. The second-order valence-electron chi connectivity index (χ2n) is 9.75. The van der Waals surface area contributed by atoms with Crippen molar-refractivity contribution in [3.8, 4) is 22.4 Å². The average molecular weight is 470 g/mol. The van der Waals surface area contributed by atoms with Gasteiger partial charge < -0.3 is 4.40 Å². The minimum atomic E-state index is 1.21. The highest BCUT2D eigenvalue weighted by Gasteiger charge is 2.21. The van der Waals surface area contributed by atoms with Gasteiger partial charge in [0.25, 0.3) is 0 Å². The highest BCUT2D eigenvalue weighted by molar-refractivity contribution is 6.28. The maximum Gasteiger partial charge on any atom is 0.0620 e. The minimum Gasteiger partial charge on any atom is -0.307 e. The summed E-state index contributed by atoms with van der Waals surface area (Å²) >= 11 is 0. The molecule has 0 N–H and O–H groups in total. The zero-order valence-corrected chi connectivity index (χ0v) is 20.2. The van der Waals surface area contributed by atoms with Gasteiger partial charge >= 0.3 is 0 Å². The van der Waals surface area contributed by atoms with Crippen molar-refractivity contribution in [2.45, 2.75) is 0 Å². The van der Waals surface area contributed by atoms with Crippen molar-refractivity contribution < 1.29 is 0 Å². The summed E-state index contributed by atoms with van der Waals surface area (Å²) in [5, 5.41) is 8.97. The van der Waals surface area contributed by atoms with E-state index in [4.69, 9.17) is 0 Å². The number of nitrogens with zero attached hydrogens (tertiary/aromatic N) is 1. The number of fused-ring (bicyclic) bond motifs is 10. The first-order valence-electron chi connectivity index (χ1n) is 12.8. The summed E-state index contributed by atoms with van der Waals surface area (Å²) in [6.07, 6.45) is 0. The number of rotatable bonds is 2. The lowest BCUT2D eigenvalue weighted by molar-refractivity contribution is 1.29. The lowest BCUT2D eigenvalue weighted by Crippen LogP contribution is -1.96. The summed E-state index contributed by atoms with van der Waals surface area (Å²) in [5.41, 5.74) is 7.44. The predicted molar refractivity (Wildman–Crippen MR) is 158 cm³/mol. The second-order valence-corrected chi connectivity index (χ2v) is 9.75. The summed E-state index contributed by atoms with van der Waals surface area (Å²) < 4.78 is 2.52. The molecule has 0 unspecified atom stereocenters. The molecule has 0 fully saturated rings. The van der Waals surface area contributed by atoms with E-state index in [-0.39, 0.29) is 0 Å². The topological polar surface area (TPSA) is 4.41 Å². The molecule has 8 rings (SSSR count). The molecule has 0 aliphatic heterocycles. The molecule has 0 amide bonds. The Bertz CT molecular complexity index is 2120. The Morgan fingerprint density at radius 2 is 0.919 bits per heavy atom. The van der Waals surface area contributed by atoms with Crippen LogP contribution in [0.1, 0.15) is 0 Å². The molecular formula is C36H23N. The van der Waals surface area contributed by atoms with Gasteiger partial charge in [-0.25, -0.2) is 0 Å². The van der Waals surface area contributed by atoms with E-state index in [1.54, 1.807) is 0 Å². The van der Waals surface area contributed by atoms with E-state index in [2.05, 4.69) is 144 Å². The predicted octanol–water partition coefficient (Wildman–Crippen LogP) is 9.89. The largest absolute Gasteiger partial charge is 0.307 e. The van der Waals surface area contributed by atoms with Crippen LogP contribution in [0.25, 0.3) is 71.1 Å². The maximum absolute atomic E-state index is 2.52. The van der Waals surface area contributed by atoms with Crippen molar-refractivity contribution in [3.05, 3.63) is 140 Å². The van der Waals surface area contributed by atoms with Crippen molar-refractivity contribution in [3.63, 3.8) is 0 Å². The maximum atomic E-state index is 2.52. The van der Waals surface area contributed by atoms with Crippen LogP contribution in [-0.2, 0) is 0 Å². The van der Waals surface area contributed by atoms with E-state index in [1.807, 2.05) is 0 Å². The molecule has 6 aromatic carbocycles. The van der Waals surface area contributed by atoms with Crippen LogP contribution in [-0.4, -0.2) is 4.40 Å². The van der Waals surface area contributed by atoms with Crippen molar-refractivity contribution in [2.75, 3.05) is 0 Å². The Kier molecular flexibility index (Phi) is 4.29. The molecule has 0 spiro atoms. The van der Waals surface area contributed by atoms with Gasteiger partial charge in [0.1, 0.15) is 0 Å². The second kappa shape index (κ2) is 7.81. The fourth-order valence-corrected chi connectivity index (χ4v) is 6.12. The third-order valence-electron chi connectivity index (χ3n) is 7.73. The van der Waals surface area contributed by atoms with Gasteiger partial charge in [-0.15, -0.1) is 0 Å². The highest BCUT2D eigenvalue weighted by Crippen LogP contribution is 2.44. The van der Waals surface area contributed by atoms with Crippen LogP contribution in [0, 0.1) is 0 Å². The number of benzene rings is 6. The molecule has 0 aliphatic rings. The third-order valence-corrected chi connectivity index (χ3v) is 7.73. The van der Waals surface area contributed by atoms with Crippen molar-refractivity contribution in [1.82, 2.24) is 4.40 Å². The van der Waals surface area contributed by atoms with E-state index < -0.39 is 0 Å². The van der Waals surface area contributed by atoms with Crippen LogP contribution in [0.4, 0.5) is 0 Å². The molecule has 0 atom stereocenters. The van der Waals surface area contributed by atoms with Crippen LogP contribution in [0.15, 0.2) is 140 Å². The molecule has 8 aromatic rings. The van der Waals surface area contributed by atoms with Crippen LogP contribution in [0.2, 0.25) is 0 Å². The molecule has 37 heavy (non-hydrogen) atoms. The van der Waals surface area contributed by atoms with Crippen LogP contribution >= 0.6 is 0 Å². The van der Waals surface area contributed by atoms with E-state index in [0.717, 1.165) is 0 Å². The molecule has 0 radical (unpaired) electrons. The normalized spacial score (nSPS) is 11.8. The fourth-order valence-electron chi connectivity index (χ4n) is 6.12. The number of aromatic nitrogens is 1. The summed E-state index contributed by atoms with van der Waals surface area (Å²) in [6.45, 7) is 0. The zero-order valence-electron chi connectivity index (χ0n) is 20.2. The molecule has 2 heterocycles. The van der Waals surface area contributed by atoms with E-state index in [9.17, 15) is 0 Å². The van der Waals surface area contributed by atoms with Crippen LogP contribution < -0.4 is 0 Å². The minimum absolute atomic E-state index is 1.21. The van der Waals surface area contributed by atoms with Gasteiger partial charge in [0.15, 0.2) is 0 Å². The lowest BCUT2D eigenvalue weighted by atomic mass is 9.94. The molecule has 1 heteroatoms. The number of hydrogen-bond donors (Lipinski definition) is 0. The van der Waals surface area contributed by atoms with Gasteiger partial charge in [-0.3, -0.25) is 0 Å². The molecule has 172 valence electrons. The van der Waals surface area contributed by atoms with Crippen LogP contribution in [0.3, 0.4) is 0 Å². The van der Waals surface area contributed by atoms with Gasteiger partial charge in [0, 0.05) is 27.1 Å². The molecule has 2 aromatic heterocycles. The lowest BCUT2D eigenvalue weighted by Gasteiger charge is -2.17. The molecule has 0 saturated carbocycles. The number of pyridine rings is 1. The van der Waals surface area contributed by atoms with E-state index >= 15 is 0 Å². The summed E-state index contributed by atoms with van der Waals surface area (Å²) in [6, 6.07) is 50.7. The molecular weight excluding hydrogens is 446 g/mol. The van der Waals surface area contributed by atoms with Gasteiger partial charge in [0.05, 0.1) is 16.7 Å². The molecule has 0 saturated heterocycles. The molecule has 0 bridgehead atoms. The highest BCUT2D eigenvalue weighted by atomic mass is 14.9. The quantitative estimate of drug-likeness (QED) is 0.222. The Balaban J connectivity index is 1.74. The zero-order chi connectivity index (χ0) is 24.3. The fraction of sp³-hybridized carbons (Fsp3) is 0. The van der Waals surface area contributed by atoms with Gasteiger partial charge in [0.2, 0.25) is 0 Å². The van der Waals surface area contributed by atoms with Gasteiger partial charge in [-0.1, -0.05) is 133 Å². The summed E-state index contributed by atoms with van der Waals surface area (Å²) in [7, 11) is 0. The Morgan fingerprint density at radius 3 is 1.62 bits per heavy atom. The average Bonchev–Trinajstić information content (AvgIpc) is 3.38. The Hall–Kier alpha value is -4.88. The van der Waals surface area contributed by atoms with Gasteiger partial charge in [-0.05, 0) is 33.4 Å². The Labute approximate surface area is 214 Å². The first-order valence-corrected chi connectivity index (χ1v) is 12.8. The first-order chi connectivity index (χ1) is 18.4. The summed E-state index contributed by atoms with van der Waals surface area (Å²) in [4.78, 5) is 0. The summed E-state index contributed by atoms with van der Waals surface area (Å²) in [5.74, 6) is 0. The van der Waals surface area contributed by atoms with Gasteiger partial charge in [-0.2, -0.15) is 0 Å². The smallest absolute Gasteiger partial charge is 0.0620 e. The standard InChI is InChI=1S/C36H23N/c1-3-11-24(12-4-1)32-23-33(27-15-5-2-6-16-27)37-35-29-18-10-8-14-26(29)20-22-30(35)34-28-17-9-7-13-25(28)19-21-31(34)36(32)37/h1-23H. The van der Waals surface area contributed by atoms with Crippen molar-refractivity contribution >= 4 is 48.7 Å². The SMILES string of the molecule is c1ccc(-c2cc(-c3ccccc3)n3c2c2ccc4ccccc4c2c2ccc4ccccc4c23)cc1. The van der Waals surface area contributed by atoms with E-state index in [0.29, 0.717) is 0 Å². The molecule has 1 nitrogen and oxygen atoms in total. The molecule has 0 aliphatic carbocycles. The first kappa shape index (κ1) is 20.3. The Morgan fingerprint density at radius 1 is 0.378 bits per heavy atom. The van der Waals surface area contributed by atoms with Crippen LogP contribution in [0.5, 0.6) is 0 Å². The van der Waals surface area contributed by atoms with Crippen molar-refractivity contribution in [2.24, 2.45) is 0 Å². The van der Waals surface area contributed by atoms with E-state index in [1.165, 1.54) is 71.1 Å². The monoisotopic (exact) mass is 469 g/mol.